The zero-order valence-corrected chi connectivity index (χ0v) is 14.0. The predicted octanol–water partition coefficient (Wildman–Crippen LogP) is 5.07. The molecule has 2 aromatic heterocycles. The summed E-state index contributed by atoms with van der Waals surface area (Å²) in [6, 6.07) is 6.84. The maximum atomic E-state index is 5.91. The van der Waals surface area contributed by atoms with E-state index in [0.29, 0.717) is 6.10 Å². The van der Waals surface area contributed by atoms with Crippen LogP contribution in [0.5, 0.6) is 5.75 Å². The third kappa shape index (κ3) is 3.75. The summed E-state index contributed by atoms with van der Waals surface area (Å²) in [5, 5.41) is 0. The summed E-state index contributed by atoms with van der Waals surface area (Å²) in [6.07, 6.45) is 11.0. The van der Waals surface area contributed by atoms with Crippen LogP contribution in [-0.2, 0) is 0 Å². The molecule has 2 aromatic rings. The van der Waals surface area contributed by atoms with E-state index in [2.05, 4.69) is 18.9 Å². The van der Waals surface area contributed by atoms with E-state index >= 15 is 0 Å². The van der Waals surface area contributed by atoms with Gasteiger partial charge in [0.15, 0.2) is 11.3 Å². The fraction of sp³-hybridized carbons (Fsp3) is 0.684. The van der Waals surface area contributed by atoms with Crippen molar-refractivity contribution in [3.8, 4) is 5.75 Å². The van der Waals surface area contributed by atoms with Gasteiger partial charge < -0.3 is 14.1 Å². The van der Waals surface area contributed by atoms with Gasteiger partial charge >= 0.3 is 0 Å². The average molecular weight is 303 g/mol. The Kier molecular flexibility index (Phi) is 5.24. The lowest BCUT2D eigenvalue weighted by Gasteiger charge is -2.22. The van der Waals surface area contributed by atoms with Gasteiger partial charge in [0.05, 0.1) is 6.10 Å². The van der Waals surface area contributed by atoms with E-state index in [-0.39, 0.29) is 0 Å². The Hall–Kier alpha value is -1.22. The molecule has 3 nitrogen and oxygen atoms in total. The summed E-state index contributed by atoms with van der Waals surface area (Å²) >= 11 is 0. The van der Waals surface area contributed by atoms with Gasteiger partial charge in [0, 0.05) is 12.1 Å². The first-order valence-electron chi connectivity index (χ1n) is 8.95. The Labute approximate surface area is 133 Å². The van der Waals surface area contributed by atoms with Crippen molar-refractivity contribution in [1.29, 1.82) is 0 Å². The Bertz CT molecular complexity index is 544. The molecule has 4 rings (SSSR count). The number of hydrogen-bond donors (Lipinski definition) is 0. The first kappa shape index (κ1) is 15.7. The Balaban J connectivity index is 0.000000154. The Morgan fingerprint density at radius 3 is 2.45 bits per heavy atom. The van der Waals surface area contributed by atoms with E-state index in [9.17, 15) is 0 Å². The molecule has 1 aliphatic heterocycles. The largest absolute Gasteiger partial charge is 0.486 e. The van der Waals surface area contributed by atoms with Gasteiger partial charge in [-0.3, -0.25) is 0 Å². The summed E-state index contributed by atoms with van der Waals surface area (Å²) < 4.78 is 11.3. The van der Waals surface area contributed by atoms with Gasteiger partial charge in [0.1, 0.15) is 5.58 Å². The molecule has 0 spiro atoms. The number of furan rings is 2. The molecule has 0 amide bonds. The van der Waals surface area contributed by atoms with Crippen molar-refractivity contribution >= 4 is 11.2 Å². The molecule has 0 N–H and O–H groups in total. The normalized spacial score (nSPS) is 23.6. The zero-order chi connectivity index (χ0) is 15.4. The van der Waals surface area contributed by atoms with Crippen LogP contribution >= 0.6 is 0 Å². The number of benzene rings is 1. The molecule has 1 saturated heterocycles. The number of likely N-dealkylation sites (tertiary alicyclic amines) is 1. The van der Waals surface area contributed by atoms with Crippen molar-refractivity contribution in [1.82, 2.24) is 4.90 Å². The monoisotopic (exact) mass is 303 g/mol. The molecule has 1 atom stereocenters. The first-order valence-corrected chi connectivity index (χ1v) is 8.95. The van der Waals surface area contributed by atoms with E-state index in [4.69, 9.17) is 9.15 Å². The van der Waals surface area contributed by atoms with Crippen molar-refractivity contribution in [2.24, 2.45) is 0 Å². The standard InChI is InChI=1S/C12H14O2.C7H15N/c1-2-4-9(5-3-1)13-12-8-10-6-7-11(12)14-10;1-3-7-5-4-6-8(7)2/h6-9H,1-5H2;7H,3-6H2,1-2H3. The maximum Gasteiger partial charge on any atom is 0.169 e. The van der Waals surface area contributed by atoms with Gasteiger partial charge in [-0.05, 0) is 70.7 Å². The Morgan fingerprint density at radius 2 is 1.95 bits per heavy atom. The van der Waals surface area contributed by atoms with E-state index in [1.165, 1.54) is 57.9 Å². The molecular weight excluding hydrogens is 274 g/mol. The van der Waals surface area contributed by atoms with E-state index < -0.39 is 0 Å². The fourth-order valence-electron chi connectivity index (χ4n) is 3.71. The molecule has 1 unspecified atom stereocenters. The van der Waals surface area contributed by atoms with Gasteiger partial charge in [-0.1, -0.05) is 13.3 Å². The molecule has 3 heteroatoms. The molecule has 0 aromatic carbocycles. The number of ether oxygens (including phenoxy) is 1. The summed E-state index contributed by atoms with van der Waals surface area (Å²) in [6.45, 7) is 3.59. The number of nitrogens with zero attached hydrogens (tertiary/aromatic N) is 1. The van der Waals surface area contributed by atoms with Crippen LogP contribution in [0.1, 0.15) is 58.3 Å². The molecule has 2 aliphatic rings. The molecule has 2 fully saturated rings. The summed E-state index contributed by atoms with van der Waals surface area (Å²) in [5.41, 5.74) is 1.82. The van der Waals surface area contributed by atoms with Crippen molar-refractivity contribution in [2.75, 3.05) is 13.6 Å². The number of hydrogen-bond acceptors (Lipinski definition) is 3. The van der Waals surface area contributed by atoms with Crippen LogP contribution < -0.4 is 4.74 Å². The third-order valence-electron chi connectivity index (χ3n) is 5.13. The average Bonchev–Trinajstić information content (AvgIpc) is 3.25. The molecule has 1 aliphatic carbocycles. The van der Waals surface area contributed by atoms with E-state index in [1.54, 1.807) is 0 Å². The van der Waals surface area contributed by atoms with Gasteiger partial charge in [-0.25, -0.2) is 0 Å². The van der Waals surface area contributed by atoms with Crippen LogP contribution in [0.3, 0.4) is 0 Å². The minimum atomic E-state index is 0.416. The first-order chi connectivity index (χ1) is 10.8. The zero-order valence-electron chi connectivity index (χ0n) is 14.0. The molecule has 2 bridgehead atoms. The van der Waals surface area contributed by atoms with Crippen LogP contribution in [0.4, 0.5) is 0 Å². The minimum absolute atomic E-state index is 0.416. The summed E-state index contributed by atoms with van der Waals surface area (Å²) in [5.74, 6) is 0.939. The van der Waals surface area contributed by atoms with Crippen molar-refractivity contribution in [3.63, 3.8) is 0 Å². The second kappa shape index (κ2) is 7.36. The quantitative estimate of drug-likeness (QED) is 0.791. The lowest BCUT2D eigenvalue weighted by atomic mass is 9.98. The molecule has 122 valence electrons. The highest BCUT2D eigenvalue weighted by atomic mass is 16.5. The molecule has 0 radical (unpaired) electrons. The fourth-order valence-corrected chi connectivity index (χ4v) is 3.71. The minimum Gasteiger partial charge on any atom is -0.486 e. The van der Waals surface area contributed by atoms with Crippen LogP contribution in [0.2, 0.25) is 0 Å². The third-order valence-corrected chi connectivity index (χ3v) is 5.13. The van der Waals surface area contributed by atoms with Gasteiger partial charge in [0.2, 0.25) is 0 Å². The van der Waals surface area contributed by atoms with Crippen LogP contribution in [-0.4, -0.2) is 30.6 Å². The highest BCUT2D eigenvalue weighted by Crippen LogP contribution is 2.32. The number of rotatable bonds is 3. The molecule has 3 heterocycles. The second-order valence-electron chi connectivity index (χ2n) is 6.77. The van der Waals surface area contributed by atoms with Crippen LogP contribution in [0.25, 0.3) is 11.2 Å². The van der Waals surface area contributed by atoms with Crippen LogP contribution in [0.15, 0.2) is 22.6 Å². The summed E-state index contributed by atoms with van der Waals surface area (Å²) in [7, 11) is 2.22. The molecule has 1 saturated carbocycles. The van der Waals surface area contributed by atoms with E-state index in [1.807, 2.05) is 18.2 Å². The highest BCUT2D eigenvalue weighted by molar-refractivity contribution is 5.69. The van der Waals surface area contributed by atoms with E-state index in [0.717, 1.165) is 23.0 Å². The highest BCUT2D eigenvalue weighted by Gasteiger charge is 2.18. The predicted molar refractivity (Wildman–Crippen MR) is 90.8 cm³/mol. The lowest BCUT2D eigenvalue weighted by molar-refractivity contribution is 0.156. The van der Waals surface area contributed by atoms with Gasteiger partial charge in [-0.2, -0.15) is 0 Å². The summed E-state index contributed by atoms with van der Waals surface area (Å²) in [4.78, 5) is 2.46. The van der Waals surface area contributed by atoms with Crippen molar-refractivity contribution in [3.05, 3.63) is 18.2 Å². The smallest absolute Gasteiger partial charge is 0.169 e. The van der Waals surface area contributed by atoms with Crippen LogP contribution in [0, 0.1) is 0 Å². The molecule has 22 heavy (non-hydrogen) atoms. The topological polar surface area (TPSA) is 25.6 Å². The van der Waals surface area contributed by atoms with Gasteiger partial charge in [-0.15, -0.1) is 0 Å². The second-order valence-corrected chi connectivity index (χ2v) is 6.77. The molecular formula is C19H29NO2. The number of fused-ring (bicyclic) bond motifs is 2. The van der Waals surface area contributed by atoms with Crippen molar-refractivity contribution < 1.29 is 9.15 Å². The SMILES string of the molecule is CCC1CCCN1C.c1cc2oc1cc2OC1CCCCC1. The lowest BCUT2D eigenvalue weighted by Crippen LogP contribution is -2.23. The maximum absolute atomic E-state index is 5.91. The van der Waals surface area contributed by atoms with Gasteiger partial charge in [0.25, 0.3) is 0 Å². The van der Waals surface area contributed by atoms with Crippen molar-refractivity contribution in [2.45, 2.75) is 70.4 Å². The Morgan fingerprint density at radius 1 is 1.14 bits per heavy atom.